The number of Topliss-reactive ketones (excluding diaryl/α,β-unsaturated/α-hetero) is 1. The number of rotatable bonds is 8. The zero-order valence-corrected chi connectivity index (χ0v) is 20.1. The molecule has 3 atom stereocenters. The van der Waals surface area contributed by atoms with E-state index in [0.717, 1.165) is 36.0 Å². The molecule has 1 aliphatic heterocycles. The Labute approximate surface area is 211 Å². The monoisotopic (exact) mass is 486 g/mol. The van der Waals surface area contributed by atoms with Crippen LogP contribution in [0.15, 0.2) is 78.9 Å². The zero-order chi connectivity index (χ0) is 24.7. The summed E-state index contributed by atoms with van der Waals surface area (Å²) in [5.74, 6) is -1.38. The third-order valence-electron chi connectivity index (χ3n) is 6.62. The van der Waals surface area contributed by atoms with Gasteiger partial charge in [0.15, 0.2) is 12.1 Å². The molecule has 0 N–H and O–H groups in total. The van der Waals surface area contributed by atoms with Gasteiger partial charge in [-0.25, -0.2) is 0 Å². The summed E-state index contributed by atoms with van der Waals surface area (Å²) in [7, 11) is 0. The van der Waals surface area contributed by atoms with E-state index in [2.05, 4.69) is 0 Å². The molecule has 0 bridgehead atoms. The SMILES string of the molecule is O=C(OCc1ccccc1)C1C[C@@H](OC2CCCCO2)c2cccc(OCc3ccccc3)c2C1=O. The molecule has 0 radical (unpaired) electrons. The zero-order valence-electron chi connectivity index (χ0n) is 20.1. The summed E-state index contributed by atoms with van der Waals surface area (Å²) in [5, 5.41) is 0. The summed E-state index contributed by atoms with van der Waals surface area (Å²) < 4.78 is 23.8. The minimum Gasteiger partial charge on any atom is -0.488 e. The van der Waals surface area contributed by atoms with E-state index in [1.807, 2.05) is 72.8 Å². The number of carbonyl (C=O) groups is 2. The number of hydrogen-bond donors (Lipinski definition) is 0. The van der Waals surface area contributed by atoms with Crippen LogP contribution in [-0.2, 0) is 32.2 Å². The van der Waals surface area contributed by atoms with Crippen LogP contribution in [0.2, 0.25) is 0 Å². The molecule has 186 valence electrons. The van der Waals surface area contributed by atoms with Gasteiger partial charge in [-0.3, -0.25) is 9.59 Å². The largest absolute Gasteiger partial charge is 0.488 e. The highest BCUT2D eigenvalue weighted by Gasteiger charge is 2.42. The second-order valence-corrected chi connectivity index (χ2v) is 9.16. The van der Waals surface area contributed by atoms with E-state index >= 15 is 0 Å². The molecule has 0 amide bonds. The van der Waals surface area contributed by atoms with Crippen LogP contribution in [0, 0.1) is 5.92 Å². The maximum atomic E-state index is 13.7. The molecular formula is C30H30O6. The van der Waals surface area contributed by atoms with Gasteiger partial charge in [-0.1, -0.05) is 72.8 Å². The van der Waals surface area contributed by atoms with Crippen molar-refractivity contribution >= 4 is 11.8 Å². The lowest BCUT2D eigenvalue weighted by molar-refractivity contribution is -0.195. The van der Waals surface area contributed by atoms with Crippen molar-refractivity contribution in [3.8, 4) is 5.75 Å². The van der Waals surface area contributed by atoms with Crippen molar-refractivity contribution in [3.05, 3.63) is 101 Å². The highest BCUT2D eigenvalue weighted by atomic mass is 16.7. The average Bonchev–Trinajstić information content (AvgIpc) is 2.93. The summed E-state index contributed by atoms with van der Waals surface area (Å²) in [6.07, 6.45) is 2.18. The number of fused-ring (bicyclic) bond motifs is 1. The Balaban J connectivity index is 1.40. The summed E-state index contributed by atoms with van der Waals surface area (Å²) in [6.45, 7) is 1.07. The topological polar surface area (TPSA) is 71.1 Å². The lowest BCUT2D eigenvalue weighted by atomic mass is 9.80. The second-order valence-electron chi connectivity index (χ2n) is 9.16. The van der Waals surface area contributed by atoms with Gasteiger partial charge in [0.1, 0.15) is 24.9 Å². The van der Waals surface area contributed by atoms with Crippen LogP contribution < -0.4 is 4.74 Å². The molecular weight excluding hydrogens is 456 g/mol. The lowest BCUT2D eigenvalue weighted by Crippen LogP contribution is -2.36. The minimum atomic E-state index is -0.976. The lowest BCUT2D eigenvalue weighted by Gasteiger charge is -2.34. The smallest absolute Gasteiger partial charge is 0.317 e. The molecule has 6 nitrogen and oxygen atoms in total. The van der Waals surface area contributed by atoms with Crippen molar-refractivity contribution in [2.24, 2.45) is 5.92 Å². The van der Waals surface area contributed by atoms with Gasteiger partial charge < -0.3 is 18.9 Å². The molecule has 3 aromatic carbocycles. The molecule has 5 rings (SSSR count). The summed E-state index contributed by atoms with van der Waals surface area (Å²) in [4.78, 5) is 26.8. The normalized spacial score (nSPS) is 21.4. The first-order valence-electron chi connectivity index (χ1n) is 12.5. The predicted molar refractivity (Wildman–Crippen MR) is 133 cm³/mol. The molecule has 1 aliphatic carbocycles. The van der Waals surface area contributed by atoms with E-state index in [9.17, 15) is 9.59 Å². The van der Waals surface area contributed by atoms with Gasteiger partial charge in [-0.2, -0.15) is 0 Å². The Hall–Kier alpha value is -3.48. The quantitative estimate of drug-likeness (QED) is 0.296. The van der Waals surface area contributed by atoms with Crippen molar-refractivity contribution < 1.29 is 28.5 Å². The van der Waals surface area contributed by atoms with Crippen LogP contribution in [0.1, 0.15) is 58.8 Å². The maximum absolute atomic E-state index is 13.7. The van der Waals surface area contributed by atoms with E-state index in [4.69, 9.17) is 18.9 Å². The molecule has 0 aromatic heterocycles. The molecule has 0 saturated carbocycles. The second kappa shape index (κ2) is 11.5. The fraction of sp³-hybridized carbons (Fsp3) is 0.333. The molecule has 2 aliphatic rings. The first-order chi connectivity index (χ1) is 17.7. The van der Waals surface area contributed by atoms with Crippen molar-refractivity contribution in [1.29, 1.82) is 0 Å². The predicted octanol–water partition coefficient (Wildman–Crippen LogP) is 5.80. The maximum Gasteiger partial charge on any atom is 0.317 e. The first kappa shape index (κ1) is 24.2. The Morgan fingerprint density at radius 3 is 2.28 bits per heavy atom. The first-order valence-corrected chi connectivity index (χ1v) is 12.5. The van der Waals surface area contributed by atoms with E-state index in [-0.39, 0.29) is 25.1 Å². The van der Waals surface area contributed by atoms with E-state index in [0.29, 0.717) is 24.5 Å². The van der Waals surface area contributed by atoms with Gasteiger partial charge in [-0.15, -0.1) is 0 Å². The van der Waals surface area contributed by atoms with Crippen LogP contribution >= 0.6 is 0 Å². The summed E-state index contributed by atoms with van der Waals surface area (Å²) in [5.41, 5.74) is 2.97. The van der Waals surface area contributed by atoms with Crippen molar-refractivity contribution in [3.63, 3.8) is 0 Å². The standard InChI is InChI=1S/C30H30O6/c31-29-24(30(32)35-20-22-12-5-2-6-13-22)18-26(36-27-16-7-8-17-33-27)23-14-9-15-25(28(23)29)34-19-21-10-3-1-4-11-21/h1-6,9-15,24,26-27H,7-8,16-20H2/t24?,26-,27?/m1/s1. The Morgan fingerprint density at radius 1 is 0.861 bits per heavy atom. The molecule has 0 spiro atoms. The Morgan fingerprint density at radius 2 is 1.58 bits per heavy atom. The number of esters is 1. The minimum absolute atomic E-state index is 0.111. The van der Waals surface area contributed by atoms with E-state index in [1.165, 1.54) is 0 Å². The molecule has 2 unspecified atom stereocenters. The van der Waals surface area contributed by atoms with Gasteiger partial charge >= 0.3 is 5.97 Å². The fourth-order valence-corrected chi connectivity index (χ4v) is 4.72. The number of benzene rings is 3. The average molecular weight is 487 g/mol. The van der Waals surface area contributed by atoms with Gasteiger partial charge in [0, 0.05) is 6.61 Å². The Bertz CT molecular complexity index is 1170. The molecule has 36 heavy (non-hydrogen) atoms. The third-order valence-corrected chi connectivity index (χ3v) is 6.62. The van der Waals surface area contributed by atoms with Crippen LogP contribution in [-0.4, -0.2) is 24.6 Å². The highest BCUT2D eigenvalue weighted by Crippen LogP contribution is 2.42. The number of hydrogen-bond acceptors (Lipinski definition) is 6. The molecule has 3 aromatic rings. The van der Waals surface area contributed by atoms with Gasteiger partial charge in [-0.05, 0) is 48.4 Å². The van der Waals surface area contributed by atoms with E-state index in [1.54, 1.807) is 6.07 Å². The number of ether oxygens (including phenoxy) is 4. The van der Waals surface area contributed by atoms with Crippen molar-refractivity contribution in [2.75, 3.05) is 6.61 Å². The molecule has 1 heterocycles. The van der Waals surface area contributed by atoms with Crippen LogP contribution in [0.4, 0.5) is 0 Å². The molecule has 1 saturated heterocycles. The van der Waals surface area contributed by atoms with Crippen LogP contribution in [0.3, 0.4) is 0 Å². The van der Waals surface area contributed by atoms with Crippen LogP contribution in [0.25, 0.3) is 0 Å². The highest BCUT2D eigenvalue weighted by molar-refractivity contribution is 6.12. The number of carbonyl (C=O) groups excluding carboxylic acids is 2. The molecule has 1 fully saturated rings. The fourth-order valence-electron chi connectivity index (χ4n) is 4.72. The van der Waals surface area contributed by atoms with Crippen LogP contribution in [0.5, 0.6) is 5.75 Å². The number of ketones is 1. The van der Waals surface area contributed by atoms with Gasteiger partial charge in [0.05, 0.1) is 11.7 Å². The van der Waals surface area contributed by atoms with Gasteiger partial charge in [0.25, 0.3) is 0 Å². The van der Waals surface area contributed by atoms with Gasteiger partial charge in [0.2, 0.25) is 0 Å². The summed E-state index contributed by atoms with van der Waals surface area (Å²) in [6, 6.07) is 24.7. The summed E-state index contributed by atoms with van der Waals surface area (Å²) >= 11 is 0. The van der Waals surface area contributed by atoms with Crippen molar-refractivity contribution in [1.82, 2.24) is 0 Å². The molecule has 6 heteroatoms. The van der Waals surface area contributed by atoms with Crippen molar-refractivity contribution in [2.45, 2.75) is 51.3 Å². The Kier molecular flexibility index (Phi) is 7.74. The van der Waals surface area contributed by atoms with E-state index < -0.39 is 18.0 Å². The third kappa shape index (κ3) is 5.66.